The van der Waals surface area contributed by atoms with Crippen LogP contribution in [0.5, 0.6) is 0 Å². The molecule has 1 aromatic carbocycles. The summed E-state index contributed by atoms with van der Waals surface area (Å²) in [5, 5.41) is 9.31. The van der Waals surface area contributed by atoms with Crippen LogP contribution in [-0.2, 0) is 0 Å². The van der Waals surface area contributed by atoms with E-state index in [1.165, 1.54) is 0 Å². The molecular weight excluding hydrogens is 348 g/mol. The molecular formula is C22H20N6. The fourth-order valence-corrected chi connectivity index (χ4v) is 4.36. The van der Waals surface area contributed by atoms with Crippen molar-refractivity contribution in [2.45, 2.75) is 0 Å². The lowest BCUT2D eigenvalue weighted by atomic mass is 10.0. The molecule has 2 unspecified atom stereocenters. The van der Waals surface area contributed by atoms with E-state index in [0.717, 1.165) is 48.9 Å². The maximum Gasteiger partial charge on any atom is 0.163 e. The van der Waals surface area contributed by atoms with Crippen molar-refractivity contribution in [1.82, 2.24) is 15.0 Å². The molecule has 138 valence electrons. The van der Waals surface area contributed by atoms with Gasteiger partial charge in [-0.25, -0.2) is 9.97 Å². The second kappa shape index (κ2) is 6.93. The normalized spacial score (nSPS) is 20.8. The summed E-state index contributed by atoms with van der Waals surface area (Å²) in [6.07, 6.45) is 5.43. The van der Waals surface area contributed by atoms with E-state index in [9.17, 15) is 5.26 Å². The van der Waals surface area contributed by atoms with Crippen molar-refractivity contribution >= 4 is 11.5 Å². The van der Waals surface area contributed by atoms with Gasteiger partial charge < -0.3 is 9.80 Å². The monoisotopic (exact) mass is 368 g/mol. The van der Waals surface area contributed by atoms with Crippen LogP contribution in [0.3, 0.4) is 0 Å². The Hall–Kier alpha value is -3.46. The SMILES string of the molecule is N#Cc1ncccc1N1CC2CN(c3cnc(-c4ccccc4)cn3)CC2C1. The molecule has 0 aliphatic carbocycles. The van der Waals surface area contributed by atoms with E-state index in [4.69, 9.17) is 0 Å². The summed E-state index contributed by atoms with van der Waals surface area (Å²) in [6, 6.07) is 16.2. The maximum atomic E-state index is 9.31. The summed E-state index contributed by atoms with van der Waals surface area (Å²) in [5.41, 5.74) is 3.45. The first-order valence-electron chi connectivity index (χ1n) is 9.54. The number of nitriles is 1. The van der Waals surface area contributed by atoms with Crippen molar-refractivity contribution in [3.8, 4) is 17.3 Å². The Morgan fingerprint density at radius 1 is 0.821 bits per heavy atom. The Morgan fingerprint density at radius 3 is 2.25 bits per heavy atom. The lowest BCUT2D eigenvalue weighted by Crippen LogP contribution is -2.29. The molecule has 3 aromatic rings. The van der Waals surface area contributed by atoms with Crippen LogP contribution >= 0.6 is 0 Å². The average Bonchev–Trinajstić information content (AvgIpc) is 3.34. The molecule has 2 aliphatic rings. The van der Waals surface area contributed by atoms with Gasteiger partial charge in [0.15, 0.2) is 5.69 Å². The molecule has 5 rings (SSSR count). The van der Waals surface area contributed by atoms with Crippen molar-refractivity contribution in [2.75, 3.05) is 36.0 Å². The zero-order chi connectivity index (χ0) is 18.9. The highest BCUT2D eigenvalue weighted by molar-refractivity contribution is 5.59. The van der Waals surface area contributed by atoms with Gasteiger partial charge in [0.1, 0.15) is 11.9 Å². The number of hydrogen-bond acceptors (Lipinski definition) is 6. The van der Waals surface area contributed by atoms with Crippen molar-refractivity contribution in [2.24, 2.45) is 11.8 Å². The molecule has 0 radical (unpaired) electrons. The van der Waals surface area contributed by atoms with Gasteiger partial charge in [0, 0.05) is 49.8 Å². The van der Waals surface area contributed by atoms with E-state index >= 15 is 0 Å². The minimum atomic E-state index is 0.515. The third-order valence-electron chi connectivity index (χ3n) is 5.75. The Bertz CT molecular complexity index is 997. The minimum Gasteiger partial charge on any atom is -0.368 e. The van der Waals surface area contributed by atoms with Gasteiger partial charge in [0.05, 0.1) is 23.8 Å². The number of benzene rings is 1. The smallest absolute Gasteiger partial charge is 0.163 e. The number of fused-ring (bicyclic) bond motifs is 1. The molecule has 2 aromatic heterocycles. The van der Waals surface area contributed by atoms with Gasteiger partial charge in [-0.2, -0.15) is 5.26 Å². The van der Waals surface area contributed by atoms with Gasteiger partial charge in [-0.05, 0) is 12.1 Å². The standard InChI is InChI=1S/C22H20N6/c23-9-19-21(7-4-8-24-19)27-12-17-14-28(15-18(17)13-27)22-11-25-20(10-26-22)16-5-2-1-3-6-16/h1-8,10-11,17-18H,12-15H2. The lowest BCUT2D eigenvalue weighted by molar-refractivity contribution is 0.533. The Balaban J connectivity index is 1.28. The van der Waals surface area contributed by atoms with Crippen LogP contribution < -0.4 is 9.80 Å². The summed E-state index contributed by atoms with van der Waals surface area (Å²) in [6.45, 7) is 3.86. The zero-order valence-electron chi connectivity index (χ0n) is 15.4. The van der Waals surface area contributed by atoms with Crippen LogP contribution in [0.25, 0.3) is 11.3 Å². The Morgan fingerprint density at radius 2 is 1.57 bits per heavy atom. The number of hydrogen-bond donors (Lipinski definition) is 0. The number of anilines is 2. The zero-order valence-corrected chi connectivity index (χ0v) is 15.4. The van der Waals surface area contributed by atoms with Crippen LogP contribution in [-0.4, -0.2) is 41.1 Å². The summed E-state index contributed by atoms with van der Waals surface area (Å²) < 4.78 is 0. The second-order valence-corrected chi connectivity index (χ2v) is 7.44. The largest absolute Gasteiger partial charge is 0.368 e. The summed E-state index contributed by atoms with van der Waals surface area (Å²) >= 11 is 0. The molecule has 2 atom stereocenters. The van der Waals surface area contributed by atoms with Gasteiger partial charge in [-0.15, -0.1) is 0 Å². The molecule has 6 heteroatoms. The molecule has 0 saturated carbocycles. The minimum absolute atomic E-state index is 0.515. The van der Waals surface area contributed by atoms with Crippen molar-refractivity contribution in [1.29, 1.82) is 5.26 Å². The van der Waals surface area contributed by atoms with Crippen LogP contribution in [0.2, 0.25) is 0 Å². The fourth-order valence-electron chi connectivity index (χ4n) is 4.36. The third-order valence-corrected chi connectivity index (χ3v) is 5.75. The molecule has 2 saturated heterocycles. The first kappa shape index (κ1) is 16.7. The van der Waals surface area contributed by atoms with E-state index in [1.54, 1.807) is 6.20 Å². The highest BCUT2D eigenvalue weighted by Crippen LogP contribution is 2.36. The average molecular weight is 368 g/mol. The van der Waals surface area contributed by atoms with Crippen LogP contribution in [0.4, 0.5) is 11.5 Å². The van der Waals surface area contributed by atoms with Gasteiger partial charge >= 0.3 is 0 Å². The molecule has 0 N–H and O–H groups in total. The first-order chi connectivity index (χ1) is 13.8. The quantitative estimate of drug-likeness (QED) is 0.708. The van der Waals surface area contributed by atoms with E-state index in [0.29, 0.717) is 17.5 Å². The molecule has 0 bridgehead atoms. The number of aromatic nitrogens is 3. The van der Waals surface area contributed by atoms with Crippen molar-refractivity contribution in [3.05, 3.63) is 66.7 Å². The molecule has 6 nitrogen and oxygen atoms in total. The molecule has 2 fully saturated rings. The van der Waals surface area contributed by atoms with Gasteiger partial charge in [0.25, 0.3) is 0 Å². The van der Waals surface area contributed by atoms with Crippen LogP contribution in [0.1, 0.15) is 5.69 Å². The number of rotatable bonds is 3. The first-order valence-corrected chi connectivity index (χ1v) is 9.54. The van der Waals surface area contributed by atoms with Crippen molar-refractivity contribution in [3.63, 3.8) is 0 Å². The molecule has 0 amide bonds. The summed E-state index contributed by atoms with van der Waals surface area (Å²) in [7, 11) is 0. The van der Waals surface area contributed by atoms with Gasteiger partial charge in [0.2, 0.25) is 0 Å². The Labute approximate surface area is 164 Å². The molecule has 0 spiro atoms. The molecule has 28 heavy (non-hydrogen) atoms. The van der Waals surface area contributed by atoms with Gasteiger partial charge in [-0.1, -0.05) is 30.3 Å². The second-order valence-electron chi connectivity index (χ2n) is 7.44. The van der Waals surface area contributed by atoms with E-state index in [-0.39, 0.29) is 0 Å². The molecule has 4 heterocycles. The fraction of sp³-hybridized carbons (Fsp3) is 0.273. The lowest BCUT2D eigenvalue weighted by Gasteiger charge is -2.24. The number of pyridine rings is 1. The predicted molar refractivity (Wildman–Crippen MR) is 108 cm³/mol. The molecule has 2 aliphatic heterocycles. The van der Waals surface area contributed by atoms with Crippen LogP contribution in [0.15, 0.2) is 61.1 Å². The van der Waals surface area contributed by atoms with Crippen LogP contribution in [0, 0.1) is 23.2 Å². The predicted octanol–water partition coefficient (Wildman–Crippen LogP) is 2.98. The third kappa shape index (κ3) is 2.95. The topological polar surface area (TPSA) is 68.9 Å². The van der Waals surface area contributed by atoms with Crippen molar-refractivity contribution < 1.29 is 0 Å². The van der Waals surface area contributed by atoms with E-state index in [1.807, 2.05) is 54.9 Å². The summed E-state index contributed by atoms with van der Waals surface area (Å²) in [5.74, 6) is 2.09. The number of nitrogens with zero attached hydrogens (tertiary/aromatic N) is 6. The van der Waals surface area contributed by atoms with Gasteiger partial charge in [-0.3, -0.25) is 4.98 Å². The summed E-state index contributed by atoms with van der Waals surface area (Å²) in [4.78, 5) is 18.1. The highest BCUT2D eigenvalue weighted by Gasteiger charge is 2.41. The van der Waals surface area contributed by atoms with E-state index in [2.05, 4.69) is 30.8 Å². The highest BCUT2D eigenvalue weighted by atomic mass is 15.3. The van der Waals surface area contributed by atoms with E-state index < -0.39 is 0 Å². The Kier molecular flexibility index (Phi) is 4.13. The maximum absolute atomic E-state index is 9.31.